The summed E-state index contributed by atoms with van der Waals surface area (Å²) in [5.41, 5.74) is 1.37. The van der Waals surface area contributed by atoms with E-state index in [0.717, 1.165) is 5.56 Å². The first-order chi connectivity index (χ1) is 7.77. The summed E-state index contributed by atoms with van der Waals surface area (Å²) in [6, 6.07) is 8.66. The van der Waals surface area contributed by atoms with Gasteiger partial charge in [0.2, 0.25) is 5.88 Å². The van der Waals surface area contributed by atoms with Gasteiger partial charge in [0.05, 0.1) is 11.8 Å². The molecule has 1 heterocycles. The number of hydrogen-bond donors (Lipinski definition) is 0. The molecule has 1 aromatic carbocycles. The van der Waals surface area contributed by atoms with Gasteiger partial charge in [-0.3, -0.25) is 0 Å². The molecule has 2 aromatic rings. The summed E-state index contributed by atoms with van der Waals surface area (Å²) < 4.78 is 5.03. The van der Waals surface area contributed by atoms with Crippen molar-refractivity contribution in [1.29, 1.82) is 0 Å². The Kier molecular flexibility index (Phi) is 2.86. The van der Waals surface area contributed by atoms with E-state index in [-0.39, 0.29) is 5.88 Å². The Hall–Kier alpha value is -2.30. The highest BCUT2D eigenvalue weighted by molar-refractivity contribution is 5.92. The van der Waals surface area contributed by atoms with Crippen LogP contribution in [0.1, 0.15) is 15.9 Å². The molecule has 16 heavy (non-hydrogen) atoms. The minimum atomic E-state index is -0.446. The molecule has 5 nitrogen and oxygen atoms in total. The fourth-order valence-corrected chi connectivity index (χ4v) is 1.24. The van der Waals surface area contributed by atoms with Gasteiger partial charge < -0.3 is 4.74 Å². The van der Waals surface area contributed by atoms with Crippen molar-refractivity contribution in [2.24, 2.45) is 0 Å². The monoisotopic (exact) mass is 215 g/mol. The molecule has 0 radical (unpaired) electrons. The number of benzene rings is 1. The summed E-state index contributed by atoms with van der Waals surface area (Å²) in [6.07, 6.45) is 1.41. The van der Waals surface area contributed by atoms with Crippen LogP contribution in [0.5, 0.6) is 5.88 Å². The maximum atomic E-state index is 11.7. The lowest BCUT2D eigenvalue weighted by Gasteiger charge is -2.04. The molecule has 0 aliphatic carbocycles. The molecule has 0 saturated heterocycles. The largest absolute Gasteiger partial charge is 0.402 e. The van der Waals surface area contributed by atoms with Crippen LogP contribution in [0.25, 0.3) is 0 Å². The summed E-state index contributed by atoms with van der Waals surface area (Å²) in [7, 11) is 0. The number of aryl methyl sites for hydroxylation is 1. The highest BCUT2D eigenvalue weighted by Gasteiger charge is 2.11. The standard InChI is InChI=1S/C11H9N3O2/c1-8-4-2-3-5-9(8)11(15)16-10-6-7-12-14-13-10/h2-7H,1H3. The van der Waals surface area contributed by atoms with E-state index in [1.807, 2.05) is 19.1 Å². The number of aromatic nitrogens is 3. The maximum Gasteiger partial charge on any atom is 0.345 e. The molecule has 0 N–H and O–H groups in total. The molecule has 2 rings (SSSR count). The van der Waals surface area contributed by atoms with Crippen LogP contribution in [0, 0.1) is 6.92 Å². The van der Waals surface area contributed by atoms with Crippen LogP contribution >= 0.6 is 0 Å². The van der Waals surface area contributed by atoms with Crippen molar-refractivity contribution in [2.45, 2.75) is 6.92 Å². The molecule has 0 fully saturated rings. The van der Waals surface area contributed by atoms with Crippen molar-refractivity contribution in [3.8, 4) is 5.88 Å². The highest BCUT2D eigenvalue weighted by atomic mass is 16.5. The third-order valence-corrected chi connectivity index (χ3v) is 2.04. The van der Waals surface area contributed by atoms with Gasteiger partial charge in [0, 0.05) is 6.07 Å². The Morgan fingerprint density at radius 2 is 2.06 bits per heavy atom. The van der Waals surface area contributed by atoms with Crippen LogP contribution in [0.4, 0.5) is 0 Å². The first kappa shape index (κ1) is 10.2. The van der Waals surface area contributed by atoms with E-state index in [1.165, 1.54) is 12.3 Å². The molecule has 0 aliphatic heterocycles. The predicted molar refractivity (Wildman–Crippen MR) is 56.0 cm³/mol. The Balaban J connectivity index is 2.19. The summed E-state index contributed by atoms with van der Waals surface area (Å²) in [5.74, 6) is -0.304. The van der Waals surface area contributed by atoms with Crippen LogP contribution in [0.3, 0.4) is 0 Å². The normalized spacial score (nSPS) is 9.81. The Bertz CT molecular complexity index is 500. The molecule has 0 amide bonds. The Labute approximate surface area is 92.1 Å². The van der Waals surface area contributed by atoms with Gasteiger partial charge in [-0.25, -0.2) is 4.79 Å². The summed E-state index contributed by atoms with van der Waals surface area (Å²) in [6.45, 7) is 1.84. The summed E-state index contributed by atoms with van der Waals surface area (Å²) >= 11 is 0. The van der Waals surface area contributed by atoms with E-state index in [4.69, 9.17) is 4.74 Å². The molecule has 80 valence electrons. The van der Waals surface area contributed by atoms with Crippen molar-refractivity contribution in [2.75, 3.05) is 0 Å². The van der Waals surface area contributed by atoms with Gasteiger partial charge in [0.15, 0.2) is 0 Å². The molecule has 0 spiro atoms. The number of esters is 1. The number of rotatable bonds is 2. The fraction of sp³-hybridized carbons (Fsp3) is 0.0909. The second-order valence-electron chi connectivity index (χ2n) is 3.16. The molecule has 5 heteroatoms. The lowest BCUT2D eigenvalue weighted by Crippen LogP contribution is -2.11. The highest BCUT2D eigenvalue weighted by Crippen LogP contribution is 2.10. The number of carbonyl (C=O) groups is 1. The number of carbonyl (C=O) groups excluding carboxylic acids is 1. The number of hydrogen-bond acceptors (Lipinski definition) is 5. The third-order valence-electron chi connectivity index (χ3n) is 2.04. The Morgan fingerprint density at radius 3 is 2.75 bits per heavy atom. The topological polar surface area (TPSA) is 65.0 Å². The molecule has 0 aliphatic rings. The van der Waals surface area contributed by atoms with Gasteiger partial charge in [-0.2, -0.15) is 0 Å². The fourth-order valence-electron chi connectivity index (χ4n) is 1.24. The van der Waals surface area contributed by atoms with Crippen molar-refractivity contribution < 1.29 is 9.53 Å². The zero-order chi connectivity index (χ0) is 11.4. The zero-order valence-electron chi connectivity index (χ0n) is 8.62. The zero-order valence-corrected chi connectivity index (χ0v) is 8.62. The summed E-state index contributed by atoms with van der Waals surface area (Å²) in [4.78, 5) is 11.7. The molecular formula is C11H9N3O2. The van der Waals surface area contributed by atoms with Crippen LogP contribution in [-0.2, 0) is 0 Å². The van der Waals surface area contributed by atoms with Gasteiger partial charge in [-0.15, -0.1) is 5.10 Å². The van der Waals surface area contributed by atoms with Gasteiger partial charge in [0.25, 0.3) is 0 Å². The molecule has 0 bridgehead atoms. The first-order valence-electron chi connectivity index (χ1n) is 4.69. The van der Waals surface area contributed by atoms with Crippen molar-refractivity contribution in [3.05, 3.63) is 47.7 Å². The third kappa shape index (κ3) is 2.20. The smallest absolute Gasteiger partial charge is 0.345 e. The molecule has 0 atom stereocenters. The van der Waals surface area contributed by atoms with Crippen LogP contribution < -0.4 is 4.74 Å². The predicted octanol–water partition coefficient (Wildman–Crippen LogP) is 1.40. The molecule has 1 aromatic heterocycles. The van der Waals surface area contributed by atoms with Gasteiger partial charge in [-0.05, 0) is 23.8 Å². The Morgan fingerprint density at radius 1 is 1.25 bits per heavy atom. The van der Waals surface area contributed by atoms with Crippen molar-refractivity contribution in [1.82, 2.24) is 15.4 Å². The first-order valence-corrected chi connectivity index (χ1v) is 4.69. The second-order valence-corrected chi connectivity index (χ2v) is 3.16. The lowest BCUT2D eigenvalue weighted by molar-refractivity contribution is 0.0724. The van der Waals surface area contributed by atoms with Crippen LogP contribution in [0.2, 0.25) is 0 Å². The van der Waals surface area contributed by atoms with Crippen LogP contribution in [0.15, 0.2) is 36.5 Å². The lowest BCUT2D eigenvalue weighted by atomic mass is 10.1. The van der Waals surface area contributed by atoms with Crippen molar-refractivity contribution >= 4 is 5.97 Å². The van der Waals surface area contributed by atoms with E-state index in [1.54, 1.807) is 12.1 Å². The quantitative estimate of drug-likeness (QED) is 0.708. The van der Waals surface area contributed by atoms with Gasteiger partial charge in [0.1, 0.15) is 0 Å². The van der Waals surface area contributed by atoms with E-state index < -0.39 is 5.97 Å². The average Bonchev–Trinajstić information content (AvgIpc) is 2.31. The van der Waals surface area contributed by atoms with E-state index in [9.17, 15) is 4.79 Å². The minimum Gasteiger partial charge on any atom is -0.402 e. The maximum absolute atomic E-state index is 11.7. The van der Waals surface area contributed by atoms with E-state index >= 15 is 0 Å². The minimum absolute atomic E-state index is 0.142. The summed E-state index contributed by atoms with van der Waals surface area (Å²) in [5, 5.41) is 10.4. The van der Waals surface area contributed by atoms with Crippen LogP contribution in [-0.4, -0.2) is 21.4 Å². The molecular weight excluding hydrogens is 206 g/mol. The molecule has 0 saturated carbocycles. The SMILES string of the molecule is Cc1ccccc1C(=O)Oc1ccnnn1. The van der Waals surface area contributed by atoms with Gasteiger partial charge >= 0.3 is 5.97 Å². The average molecular weight is 215 g/mol. The number of nitrogens with zero attached hydrogens (tertiary/aromatic N) is 3. The van der Waals surface area contributed by atoms with Gasteiger partial charge in [-0.1, -0.05) is 23.3 Å². The second kappa shape index (κ2) is 4.48. The van der Waals surface area contributed by atoms with E-state index in [2.05, 4.69) is 15.4 Å². The number of ether oxygens (including phenoxy) is 1. The molecule has 0 unspecified atom stereocenters. The van der Waals surface area contributed by atoms with E-state index in [0.29, 0.717) is 5.56 Å². The van der Waals surface area contributed by atoms with Crippen molar-refractivity contribution in [3.63, 3.8) is 0 Å².